The molecule has 0 spiro atoms. The van der Waals surface area contributed by atoms with Crippen molar-refractivity contribution in [3.05, 3.63) is 108 Å². The third-order valence-electron chi connectivity index (χ3n) is 13.1. The second-order valence-corrected chi connectivity index (χ2v) is 19.9. The molecule has 2 unspecified atom stereocenters. The van der Waals surface area contributed by atoms with Crippen LogP contribution in [0.15, 0.2) is 79.1 Å². The van der Waals surface area contributed by atoms with Gasteiger partial charge < -0.3 is 44.6 Å². The van der Waals surface area contributed by atoms with Gasteiger partial charge in [0.25, 0.3) is 0 Å². The highest BCUT2D eigenvalue weighted by Gasteiger charge is 2.44. The molecular formula is C52H62FN9O8. The molecule has 5 amide bonds. The molecular weight excluding hydrogens is 898 g/mol. The van der Waals surface area contributed by atoms with E-state index in [1.807, 2.05) is 76.2 Å². The average molecular weight is 960 g/mol. The van der Waals surface area contributed by atoms with E-state index in [9.17, 15) is 28.4 Å². The Labute approximate surface area is 406 Å². The van der Waals surface area contributed by atoms with E-state index in [4.69, 9.17) is 19.2 Å². The molecule has 0 bridgehead atoms. The summed E-state index contributed by atoms with van der Waals surface area (Å²) in [5, 5.41) is 5.45. The molecule has 3 aliphatic heterocycles. The molecule has 0 saturated carbocycles. The number of carbonyl (C=O) groups is 5. The normalized spacial score (nSPS) is 18.7. The summed E-state index contributed by atoms with van der Waals surface area (Å²) in [6.45, 7) is 13.6. The molecule has 18 heteroatoms. The van der Waals surface area contributed by atoms with Gasteiger partial charge >= 0.3 is 18.3 Å². The predicted molar refractivity (Wildman–Crippen MR) is 258 cm³/mol. The molecule has 0 radical (unpaired) electrons. The van der Waals surface area contributed by atoms with Crippen LogP contribution in [0.4, 0.5) is 18.8 Å². The van der Waals surface area contributed by atoms with E-state index < -0.39 is 48.1 Å². The standard InChI is InChI=1S/C52H62FN9O8/c1-29(2)43(58-49(65)68-8)47(63)61-22-10-13-41(61)45-54-24-39(56-45)33-18-14-31(15-19-33)32-16-20-34(21-17-32)40-25-55-46(57-40)42-23-36(69-51(67)60-26-35-11-9-12-38(53)37(35)28-60)27-62(42)48(64)44(30(3)4)59-50(66)70-52(5,6)7/h9,11-12,14-21,24-25,29-30,36,41-44H,10,13,22-23,26-28H2,1-8H3,(H,54,56)(H,55,57)(H,58,65)(H,59,66)/t36-,41?,42?,43+,44+/m1/s1. The number of aromatic nitrogens is 4. The SMILES string of the molecule is COC(=O)N[C@H](C(=O)N1CCCC1c1ncc(-c2ccc(-c3ccc(-c4cnc(C5C[C@@H](OC(=O)N6Cc7cccc(F)c7C6)CN5C(=O)[C@@H](NC(=O)OC(C)(C)C)C(C)C)[nH]4)cc3)cc2)[nH]1)C(C)C. The number of benzene rings is 3. The number of carbonyl (C=O) groups excluding carboxylic acids is 5. The third-order valence-corrected chi connectivity index (χ3v) is 13.1. The topological polar surface area (TPSA) is 204 Å². The van der Waals surface area contributed by atoms with Crippen LogP contribution in [0, 0.1) is 17.7 Å². The van der Waals surface area contributed by atoms with Crippen molar-refractivity contribution in [3.8, 4) is 33.6 Å². The first-order valence-electron chi connectivity index (χ1n) is 23.8. The predicted octanol–water partition coefficient (Wildman–Crippen LogP) is 8.66. The van der Waals surface area contributed by atoms with E-state index in [2.05, 4.69) is 25.6 Å². The van der Waals surface area contributed by atoms with E-state index >= 15 is 0 Å². The Bertz CT molecular complexity index is 2710. The number of imidazole rings is 2. The van der Waals surface area contributed by atoms with Crippen LogP contribution in [-0.4, -0.2) is 109 Å². The minimum Gasteiger partial charge on any atom is -0.453 e. The first kappa shape index (κ1) is 49.2. The van der Waals surface area contributed by atoms with E-state index in [1.54, 1.807) is 55.1 Å². The number of hydrogen-bond acceptors (Lipinski definition) is 10. The zero-order chi connectivity index (χ0) is 50.0. The van der Waals surface area contributed by atoms with Gasteiger partial charge in [0.1, 0.15) is 41.3 Å². The molecule has 4 N–H and O–H groups in total. The van der Waals surface area contributed by atoms with Crippen molar-refractivity contribution in [2.24, 2.45) is 11.8 Å². The molecule has 2 aromatic heterocycles. The van der Waals surface area contributed by atoms with Gasteiger partial charge in [-0.25, -0.2) is 28.7 Å². The van der Waals surface area contributed by atoms with Crippen LogP contribution in [0.5, 0.6) is 0 Å². The van der Waals surface area contributed by atoms with Crippen molar-refractivity contribution < 1.29 is 42.6 Å². The second kappa shape index (κ2) is 20.4. The lowest BCUT2D eigenvalue weighted by Gasteiger charge is -2.31. The van der Waals surface area contributed by atoms with Gasteiger partial charge in [0, 0.05) is 25.1 Å². The number of nitrogens with one attached hydrogen (secondary N) is 4. The highest BCUT2D eigenvalue weighted by Crippen LogP contribution is 2.37. The summed E-state index contributed by atoms with van der Waals surface area (Å²) in [5.74, 6) is -0.180. The van der Waals surface area contributed by atoms with E-state index in [-0.39, 0.29) is 61.6 Å². The molecule has 0 aliphatic carbocycles. The fourth-order valence-electron chi connectivity index (χ4n) is 9.42. The molecule has 5 heterocycles. The Morgan fingerprint density at radius 1 is 0.729 bits per heavy atom. The number of alkyl carbamates (subject to hydrolysis) is 2. The Hall–Kier alpha value is -7.24. The van der Waals surface area contributed by atoms with Gasteiger partial charge in [-0.2, -0.15) is 0 Å². The van der Waals surface area contributed by atoms with Crippen LogP contribution in [0.1, 0.15) is 103 Å². The molecule has 17 nitrogen and oxygen atoms in total. The van der Waals surface area contributed by atoms with Crippen LogP contribution < -0.4 is 10.6 Å². The number of halogens is 1. The number of hydrogen-bond donors (Lipinski definition) is 4. The summed E-state index contributed by atoms with van der Waals surface area (Å²) < 4.78 is 30.8. The van der Waals surface area contributed by atoms with Gasteiger partial charge in [-0.15, -0.1) is 0 Å². The van der Waals surface area contributed by atoms with Crippen LogP contribution in [0.25, 0.3) is 33.6 Å². The Morgan fingerprint density at radius 2 is 1.27 bits per heavy atom. The molecule has 3 aromatic carbocycles. The maximum absolute atomic E-state index is 14.6. The molecule has 2 saturated heterocycles. The van der Waals surface area contributed by atoms with Gasteiger partial charge in [0.05, 0.1) is 56.1 Å². The van der Waals surface area contributed by atoms with Gasteiger partial charge in [-0.1, -0.05) is 88.4 Å². The minimum atomic E-state index is -0.946. The summed E-state index contributed by atoms with van der Waals surface area (Å²) in [4.78, 5) is 87.6. The molecule has 2 fully saturated rings. The number of likely N-dealkylation sites (tertiary alicyclic amines) is 2. The van der Waals surface area contributed by atoms with Crippen LogP contribution in [-0.2, 0) is 36.9 Å². The van der Waals surface area contributed by atoms with Crippen molar-refractivity contribution >= 4 is 30.1 Å². The second-order valence-electron chi connectivity index (χ2n) is 19.9. The maximum Gasteiger partial charge on any atom is 0.410 e. The Balaban J connectivity index is 0.955. The lowest BCUT2D eigenvalue weighted by molar-refractivity contribution is -0.136. The molecule has 370 valence electrons. The first-order chi connectivity index (χ1) is 33.4. The summed E-state index contributed by atoms with van der Waals surface area (Å²) >= 11 is 0. The smallest absolute Gasteiger partial charge is 0.410 e. The fraction of sp³-hybridized carbons (Fsp3) is 0.442. The number of nitrogens with zero attached hydrogens (tertiary/aromatic N) is 5. The van der Waals surface area contributed by atoms with E-state index in [0.29, 0.717) is 29.5 Å². The van der Waals surface area contributed by atoms with Gasteiger partial charge in [-0.05, 0) is 79.3 Å². The zero-order valence-electron chi connectivity index (χ0n) is 40.9. The maximum atomic E-state index is 14.6. The largest absolute Gasteiger partial charge is 0.453 e. The van der Waals surface area contributed by atoms with Crippen molar-refractivity contribution in [3.63, 3.8) is 0 Å². The van der Waals surface area contributed by atoms with Crippen LogP contribution in [0.2, 0.25) is 0 Å². The molecule has 5 aromatic rings. The summed E-state index contributed by atoms with van der Waals surface area (Å²) in [7, 11) is 1.28. The molecule has 8 rings (SSSR count). The van der Waals surface area contributed by atoms with Crippen molar-refractivity contribution in [2.75, 3.05) is 20.2 Å². The van der Waals surface area contributed by atoms with Gasteiger partial charge in [0.2, 0.25) is 11.8 Å². The zero-order valence-corrected chi connectivity index (χ0v) is 40.9. The summed E-state index contributed by atoms with van der Waals surface area (Å²) in [5.41, 5.74) is 5.70. The van der Waals surface area contributed by atoms with Crippen molar-refractivity contribution in [1.29, 1.82) is 0 Å². The van der Waals surface area contributed by atoms with E-state index in [1.165, 1.54) is 18.1 Å². The number of amides is 5. The monoisotopic (exact) mass is 959 g/mol. The number of methoxy groups -OCH3 is 1. The first-order valence-corrected chi connectivity index (χ1v) is 23.8. The minimum absolute atomic E-state index is 0.0469. The van der Waals surface area contributed by atoms with Gasteiger partial charge in [0.15, 0.2) is 0 Å². The van der Waals surface area contributed by atoms with Crippen molar-refractivity contribution in [2.45, 2.75) is 117 Å². The molecule has 70 heavy (non-hydrogen) atoms. The summed E-state index contributed by atoms with van der Waals surface area (Å²) in [6, 6.07) is 18.3. The number of rotatable bonds is 12. The number of ether oxygens (including phenoxy) is 3. The highest BCUT2D eigenvalue weighted by atomic mass is 19.1. The van der Waals surface area contributed by atoms with E-state index in [0.717, 1.165) is 46.4 Å². The number of aromatic amines is 2. The lowest BCUT2D eigenvalue weighted by atomic mass is 10.0. The lowest BCUT2D eigenvalue weighted by Crippen LogP contribution is -2.52. The average Bonchev–Trinajstić information content (AvgIpc) is 4.19. The molecule has 3 aliphatic rings. The fourth-order valence-corrected chi connectivity index (χ4v) is 9.42. The van der Waals surface area contributed by atoms with Crippen LogP contribution in [0.3, 0.4) is 0 Å². The molecule has 5 atom stereocenters. The highest BCUT2D eigenvalue weighted by molar-refractivity contribution is 5.87. The Morgan fingerprint density at radius 3 is 1.81 bits per heavy atom. The Kier molecular flexibility index (Phi) is 14.3. The van der Waals surface area contributed by atoms with Gasteiger partial charge in [-0.3, -0.25) is 14.5 Å². The number of H-pyrrole nitrogens is 2. The number of fused-ring (bicyclic) bond motifs is 1. The third kappa shape index (κ3) is 10.8. The summed E-state index contributed by atoms with van der Waals surface area (Å²) in [6.07, 6.45) is 2.60. The van der Waals surface area contributed by atoms with Crippen LogP contribution >= 0.6 is 0 Å². The van der Waals surface area contributed by atoms with Crippen molar-refractivity contribution in [1.82, 2.24) is 45.3 Å². The quantitative estimate of drug-likeness (QED) is 0.0876.